The number of carbonyl (C=O) groups excluding carboxylic acids is 3. The summed E-state index contributed by atoms with van der Waals surface area (Å²) in [6.07, 6.45) is 1.48. The largest absolute Gasteiger partial charge is 0.459 e. The number of nitrogens with zero attached hydrogens (tertiary/aromatic N) is 2. The van der Waals surface area contributed by atoms with Crippen LogP contribution < -0.4 is 10.2 Å². The zero-order valence-electron chi connectivity index (χ0n) is 19.0. The summed E-state index contributed by atoms with van der Waals surface area (Å²) >= 11 is 0. The van der Waals surface area contributed by atoms with Crippen LogP contribution in [0, 0.1) is 25.2 Å². The van der Waals surface area contributed by atoms with Gasteiger partial charge >= 0.3 is 5.97 Å². The molecule has 0 saturated carbocycles. The third-order valence-corrected chi connectivity index (χ3v) is 4.99. The minimum absolute atomic E-state index is 0.0438. The Hall–Kier alpha value is -4.38. The van der Waals surface area contributed by atoms with E-state index in [2.05, 4.69) is 5.32 Å². The number of aryl methyl sites for hydroxylation is 2. The molecule has 8 nitrogen and oxygen atoms in total. The lowest BCUT2D eigenvalue weighted by Crippen LogP contribution is -2.39. The van der Waals surface area contributed by atoms with Crippen LogP contribution in [0.15, 0.2) is 71.3 Å². The molecule has 3 rings (SSSR count). The Morgan fingerprint density at radius 3 is 2.38 bits per heavy atom. The standard InChI is InChI=1S/C26H25N3O5/c1-18-14-19(2)16-21(15-18)29(12-7-11-27)23(30)17-34-26(32)24(20-8-4-3-5-9-20)28-25(31)22-10-6-13-33-22/h3-6,8-10,13-16,24H,7,12,17H2,1-2H3,(H,28,31). The van der Waals surface area contributed by atoms with Gasteiger partial charge in [-0.1, -0.05) is 36.4 Å². The van der Waals surface area contributed by atoms with Gasteiger partial charge in [0, 0.05) is 12.2 Å². The number of rotatable bonds is 9. The molecule has 3 aromatic rings. The SMILES string of the molecule is Cc1cc(C)cc(N(CCC#N)C(=O)COC(=O)C(NC(=O)c2ccco2)c2ccccc2)c1. The summed E-state index contributed by atoms with van der Waals surface area (Å²) in [4.78, 5) is 39.8. The molecule has 1 heterocycles. The first-order valence-corrected chi connectivity index (χ1v) is 10.7. The molecule has 1 atom stereocenters. The van der Waals surface area contributed by atoms with Gasteiger partial charge in [0.2, 0.25) is 0 Å². The second kappa shape index (κ2) is 11.5. The van der Waals surface area contributed by atoms with Gasteiger partial charge in [0.15, 0.2) is 18.4 Å². The van der Waals surface area contributed by atoms with E-state index >= 15 is 0 Å². The van der Waals surface area contributed by atoms with E-state index in [0.717, 1.165) is 11.1 Å². The van der Waals surface area contributed by atoms with Gasteiger partial charge in [-0.25, -0.2) is 4.79 Å². The van der Waals surface area contributed by atoms with Crippen LogP contribution in [0.3, 0.4) is 0 Å². The lowest BCUT2D eigenvalue weighted by Gasteiger charge is -2.23. The van der Waals surface area contributed by atoms with Crippen molar-refractivity contribution in [2.45, 2.75) is 26.3 Å². The maximum atomic E-state index is 13.0. The second-order valence-corrected chi connectivity index (χ2v) is 7.70. The Kier molecular flexibility index (Phi) is 8.19. The second-order valence-electron chi connectivity index (χ2n) is 7.70. The van der Waals surface area contributed by atoms with Crippen LogP contribution in [0.5, 0.6) is 0 Å². The van der Waals surface area contributed by atoms with Crippen LogP contribution in [0.25, 0.3) is 0 Å². The maximum Gasteiger partial charge on any atom is 0.333 e. The van der Waals surface area contributed by atoms with E-state index in [1.54, 1.807) is 36.4 Å². The Balaban J connectivity index is 1.75. The van der Waals surface area contributed by atoms with Crippen molar-refractivity contribution in [1.29, 1.82) is 5.26 Å². The number of esters is 1. The molecule has 34 heavy (non-hydrogen) atoms. The van der Waals surface area contributed by atoms with Gasteiger partial charge in [-0.05, 0) is 54.8 Å². The molecule has 1 unspecified atom stereocenters. The highest BCUT2D eigenvalue weighted by atomic mass is 16.5. The van der Waals surface area contributed by atoms with Crippen LogP contribution in [0.2, 0.25) is 0 Å². The Bertz CT molecular complexity index is 1160. The number of amides is 2. The zero-order chi connectivity index (χ0) is 24.5. The molecule has 0 fully saturated rings. The van der Waals surface area contributed by atoms with E-state index in [1.165, 1.54) is 17.2 Å². The van der Waals surface area contributed by atoms with E-state index < -0.39 is 30.4 Å². The lowest BCUT2D eigenvalue weighted by molar-refractivity contribution is -0.150. The number of furan rings is 1. The first kappa shape index (κ1) is 24.3. The van der Waals surface area contributed by atoms with Crippen LogP contribution in [0.1, 0.15) is 39.7 Å². The number of hydrogen-bond acceptors (Lipinski definition) is 6. The highest BCUT2D eigenvalue weighted by molar-refractivity contribution is 5.97. The highest BCUT2D eigenvalue weighted by Gasteiger charge is 2.27. The van der Waals surface area contributed by atoms with Crippen LogP contribution in [-0.2, 0) is 14.3 Å². The molecule has 174 valence electrons. The van der Waals surface area contributed by atoms with Gasteiger partial charge in [-0.2, -0.15) is 5.26 Å². The molecule has 0 radical (unpaired) electrons. The summed E-state index contributed by atoms with van der Waals surface area (Å²) in [5, 5.41) is 11.6. The predicted molar refractivity (Wildman–Crippen MR) is 125 cm³/mol. The van der Waals surface area contributed by atoms with E-state index in [1.807, 2.05) is 38.1 Å². The van der Waals surface area contributed by atoms with Crippen molar-refractivity contribution in [3.8, 4) is 6.07 Å². The van der Waals surface area contributed by atoms with Gasteiger partial charge in [0.05, 0.1) is 18.8 Å². The average Bonchev–Trinajstić information content (AvgIpc) is 3.36. The van der Waals surface area contributed by atoms with E-state index in [-0.39, 0.29) is 18.7 Å². The number of nitriles is 1. The first-order chi connectivity index (χ1) is 16.4. The van der Waals surface area contributed by atoms with Crippen molar-refractivity contribution < 1.29 is 23.5 Å². The number of ether oxygens (including phenoxy) is 1. The number of nitrogens with one attached hydrogen (secondary N) is 1. The van der Waals surface area contributed by atoms with E-state index in [4.69, 9.17) is 14.4 Å². The molecule has 2 amide bonds. The molecular weight excluding hydrogens is 434 g/mol. The summed E-state index contributed by atoms with van der Waals surface area (Å²) in [5.74, 6) is -1.81. The summed E-state index contributed by atoms with van der Waals surface area (Å²) in [5.41, 5.74) is 3.05. The van der Waals surface area contributed by atoms with E-state index in [9.17, 15) is 14.4 Å². The summed E-state index contributed by atoms with van der Waals surface area (Å²) < 4.78 is 10.4. The Morgan fingerprint density at radius 1 is 1.06 bits per heavy atom. The summed E-state index contributed by atoms with van der Waals surface area (Å²) in [7, 11) is 0. The van der Waals surface area contributed by atoms with Crippen molar-refractivity contribution in [2.24, 2.45) is 0 Å². The fourth-order valence-electron chi connectivity index (χ4n) is 3.49. The van der Waals surface area contributed by atoms with Gasteiger partial charge in [-0.15, -0.1) is 0 Å². The molecule has 0 bridgehead atoms. The van der Waals surface area contributed by atoms with Crippen LogP contribution >= 0.6 is 0 Å². The van der Waals surface area contributed by atoms with Crippen LogP contribution in [0.4, 0.5) is 5.69 Å². The molecule has 8 heteroatoms. The number of anilines is 1. The van der Waals surface area contributed by atoms with Crippen molar-refractivity contribution in [1.82, 2.24) is 5.32 Å². The average molecular weight is 460 g/mol. The Morgan fingerprint density at radius 2 is 1.76 bits per heavy atom. The molecule has 0 aliphatic carbocycles. The molecule has 0 aliphatic rings. The molecule has 0 spiro atoms. The minimum atomic E-state index is -1.14. The topological polar surface area (TPSA) is 113 Å². The minimum Gasteiger partial charge on any atom is -0.459 e. The molecule has 1 aromatic heterocycles. The summed E-state index contributed by atoms with van der Waals surface area (Å²) in [6, 6.07) is 18.1. The van der Waals surface area contributed by atoms with Crippen molar-refractivity contribution in [2.75, 3.05) is 18.1 Å². The van der Waals surface area contributed by atoms with Gasteiger partial charge in [0.1, 0.15) is 0 Å². The fourth-order valence-corrected chi connectivity index (χ4v) is 3.49. The first-order valence-electron chi connectivity index (χ1n) is 10.7. The maximum absolute atomic E-state index is 13.0. The fraction of sp³-hybridized carbons (Fsp3) is 0.231. The van der Waals surface area contributed by atoms with Crippen LogP contribution in [-0.4, -0.2) is 30.9 Å². The molecular formula is C26H25N3O5. The van der Waals surface area contributed by atoms with Gasteiger partial charge in [0.25, 0.3) is 11.8 Å². The lowest BCUT2D eigenvalue weighted by atomic mass is 10.1. The molecule has 0 aliphatic heterocycles. The molecule has 1 N–H and O–H groups in total. The Labute approximate surface area is 197 Å². The molecule has 2 aromatic carbocycles. The van der Waals surface area contributed by atoms with Crippen molar-refractivity contribution in [3.63, 3.8) is 0 Å². The molecule has 0 saturated heterocycles. The summed E-state index contributed by atoms with van der Waals surface area (Å²) in [6.45, 7) is 3.44. The number of hydrogen-bond donors (Lipinski definition) is 1. The third-order valence-electron chi connectivity index (χ3n) is 4.99. The quantitative estimate of drug-likeness (QED) is 0.486. The number of carbonyl (C=O) groups is 3. The highest BCUT2D eigenvalue weighted by Crippen LogP contribution is 2.20. The number of benzene rings is 2. The smallest absolute Gasteiger partial charge is 0.333 e. The monoisotopic (exact) mass is 459 g/mol. The predicted octanol–water partition coefficient (Wildman–Crippen LogP) is 3.86. The van der Waals surface area contributed by atoms with Crippen molar-refractivity contribution in [3.05, 3.63) is 89.4 Å². The zero-order valence-corrected chi connectivity index (χ0v) is 19.0. The van der Waals surface area contributed by atoms with Gasteiger partial charge in [-0.3, -0.25) is 9.59 Å². The van der Waals surface area contributed by atoms with Crippen molar-refractivity contribution >= 4 is 23.5 Å². The van der Waals surface area contributed by atoms with E-state index in [0.29, 0.717) is 11.3 Å². The normalized spacial score (nSPS) is 11.2. The third kappa shape index (κ3) is 6.33. The van der Waals surface area contributed by atoms with Gasteiger partial charge < -0.3 is 19.4 Å².